The van der Waals surface area contributed by atoms with Crippen molar-refractivity contribution in [2.45, 2.75) is 73.5 Å². The molecule has 7 nitrogen and oxygen atoms in total. The van der Waals surface area contributed by atoms with Crippen LogP contribution in [0.1, 0.15) is 75.8 Å². The predicted molar refractivity (Wildman–Crippen MR) is 121 cm³/mol. The molecule has 31 heavy (non-hydrogen) atoms. The third-order valence-corrected chi connectivity index (χ3v) is 3.28. The molecular formula is C24H34N4O3. The molecule has 7 heteroatoms. The number of aryl methyl sites for hydroxylation is 2. The van der Waals surface area contributed by atoms with Gasteiger partial charge in [0.15, 0.2) is 0 Å². The number of rotatable bonds is 1. The molecule has 2 aromatic heterocycles. The Balaban J connectivity index is 0.000000461. The van der Waals surface area contributed by atoms with Crippen LogP contribution < -0.4 is 5.32 Å². The van der Waals surface area contributed by atoms with Crippen molar-refractivity contribution in [3.63, 3.8) is 0 Å². The van der Waals surface area contributed by atoms with Gasteiger partial charge in [-0.15, -0.1) is 0 Å². The molecule has 0 bridgehead atoms. The van der Waals surface area contributed by atoms with E-state index in [0.29, 0.717) is 11.4 Å². The van der Waals surface area contributed by atoms with Crippen LogP contribution in [0, 0.1) is 25.2 Å². The lowest BCUT2D eigenvalue weighted by molar-refractivity contribution is -0.151. The Morgan fingerprint density at radius 3 is 1.81 bits per heavy atom. The lowest BCUT2D eigenvalue weighted by Crippen LogP contribution is -2.41. The molecule has 1 N–H and O–H groups in total. The van der Waals surface area contributed by atoms with Crippen LogP contribution in [0.15, 0.2) is 36.7 Å². The molecule has 0 spiro atoms. The fraction of sp³-hybridized carbons (Fsp3) is 0.458. The van der Waals surface area contributed by atoms with Crippen LogP contribution in [-0.4, -0.2) is 33.0 Å². The SMILES string of the molecule is CC(=O)OC(C)(C)C.Cc1cccnc1C#N.Cc1cccnc1C(=O)NC(C)(C)C. The molecule has 0 radical (unpaired) electrons. The monoisotopic (exact) mass is 426 g/mol. The van der Waals surface area contributed by atoms with Gasteiger partial charge in [0.05, 0.1) is 0 Å². The Morgan fingerprint density at radius 1 is 0.968 bits per heavy atom. The van der Waals surface area contributed by atoms with Crippen molar-refractivity contribution in [1.29, 1.82) is 5.26 Å². The average molecular weight is 427 g/mol. The van der Waals surface area contributed by atoms with E-state index in [1.165, 1.54) is 6.92 Å². The normalized spacial score (nSPS) is 10.3. The van der Waals surface area contributed by atoms with Gasteiger partial charge in [-0.2, -0.15) is 5.26 Å². The fourth-order valence-electron chi connectivity index (χ4n) is 2.16. The van der Waals surface area contributed by atoms with Crippen LogP contribution in [0.5, 0.6) is 0 Å². The van der Waals surface area contributed by atoms with E-state index in [1.807, 2.05) is 85.7 Å². The van der Waals surface area contributed by atoms with E-state index < -0.39 is 0 Å². The summed E-state index contributed by atoms with van der Waals surface area (Å²) in [7, 11) is 0. The topological polar surface area (TPSA) is 105 Å². The summed E-state index contributed by atoms with van der Waals surface area (Å²) in [6.07, 6.45) is 3.25. The van der Waals surface area contributed by atoms with Crippen LogP contribution in [0.2, 0.25) is 0 Å². The summed E-state index contributed by atoms with van der Waals surface area (Å²) < 4.78 is 4.80. The van der Waals surface area contributed by atoms with Gasteiger partial charge in [0.25, 0.3) is 5.91 Å². The molecule has 0 unspecified atom stereocenters. The highest BCUT2D eigenvalue weighted by atomic mass is 16.6. The summed E-state index contributed by atoms with van der Waals surface area (Å²) in [5.74, 6) is -0.340. The Hall–Kier alpha value is -3.27. The minimum atomic E-state index is -0.328. The second-order valence-electron chi connectivity index (χ2n) is 8.86. The molecule has 0 aliphatic heterocycles. The first kappa shape index (κ1) is 27.7. The molecule has 1 amide bonds. The summed E-state index contributed by atoms with van der Waals surface area (Å²) in [5, 5.41) is 11.3. The lowest BCUT2D eigenvalue weighted by atomic mass is 10.1. The molecule has 2 heterocycles. The first-order valence-electron chi connectivity index (χ1n) is 9.91. The molecule has 0 atom stereocenters. The zero-order valence-corrected chi connectivity index (χ0v) is 20.0. The molecule has 2 aromatic rings. The van der Waals surface area contributed by atoms with Crippen molar-refractivity contribution in [3.05, 3.63) is 59.2 Å². The van der Waals surface area contributed by atoms with Crippen LogP contribution in [0.4, 0.5) is 0 Å². The number of nitrogens with one attached hydrogen (secondary N) is 1. The molecule has 0 aliphatic carbocycles. The highest BCUT2D eigenvalue weighted by Gasteiger charge is 2.17. The number of carbonyl (C=O) groups excluding carboxylic acids is 2. The number of nitrogens with zero attached hydrogens (tertiary/aromatic N) is 3. The van der Waals surface area contributed by atoms with Crippen molar-refractivity contribution in [3.8, 4) is 6.07 Å². The maximum absolute atomic E-state index is 11.7. The maximum atomic E-state index is 11.7. The van der Waals surface area contributed by atoms with Crippen molar-refractivity contribution in [2.75, 3.05) is 0 Å². The predicted octanol–water partition coefficient (Wildman–Crippen LogP) is 4.53. The minimum Gasteiger partial charge on any atom is -0.460 e. The van der Waals surface area contributed by atoms with Gasteiger partial charge in [0, 0.05) is 24.9 Å². The zero-order chi connectivity index (χ0) is 24.2. The second kappa shape index (κ2) is 12.4. The van der Waals surface area contributed by atoms with Crippen LogP contribution in [0.3, 0.4) is 0 Å². The number of hydrogen-bond acceptors (Lipinski definition) is 6. The fourth-order valence-corrected chi connectivity index (χ4v) is 2.16. The van der Waals surface area contributed by atoms with E-state index >= 15 is 0 Å². The number of aromatic nitrogens is 2. The molecule has 2 rings (SSSR count). The lowest BCUT2D eigenvalue weighted by Gasteiger charge is -2.20. The van der Waals surface area contributed by atoms with Gasteiger partial charge in [0.1, 0.15) is 23.1 Å². The molecule has 0 aromatic carbocycles. The maximum Gasteiger partial charge on any atom is 0.303 e. The van der Waals surface area contributed by atoms with Gasteiger partial charge >= 0.3 is 5.97 Å². The molecule has 0 saturated carbocycles. The number of nitriles is 1. The number of amides is 1. The first-order valence-corrected chi connectivity index (χ1v) is 9.91. The van der Waals surface area contributed by atoms with Gasteiger partial charge in [-0.25, -0.2) is 4.98 Å². The van der Waals surface area contributed by atoms with Crippen molar-refractivity contribution < 1.29 is 14.3 Å². The van der Waals surface area contributed by atoms with E-state index in [-0.39, 0.29) is 23.0 Å². The van der Waals surface area contributed by atoms with Gasteiger partial charge < -0.3 is 10.1 Å². The summed E-state index contributed by atoms with van der Waals surface area (Å²) in [4.78, 5) is 29.8. The number of esters is 1. The van der Waals surface area contributed by atoms with Crippen molar-refractivity contribution in [2.24, 2.45) is 0 Å². The summed E-state index contributed by atoms with van der Waals surface area (Å²) in [5.41, 5.74) is 2.29. The van der Waals surface area contributed by atoms with E-state index in [0.717, 1.165) is 11.1 Å². The van der Waals surface area contributed by atoms with E-state index in [4.69, 9.17) is 10.00 Å². The summed E-state index contributed by atoms with van der Waals surface area (Å²) in [6.45, 7) is 16.5. The minimum absolute atomic E-state index is 0.115. The van der Waals surface area contributed by atoms with E-state index in [2.05, 4.69) is 15.3 Å². The Kier molecular flexibility index (Phi) is 11.1. The Morgan fingerprint density at radius 2 is 1.48 bits per heavy atom. The largest absolute Gasteiger partial charge is 0.460 e. The highest BCUT2D eigenvalue weighted by molar-refractivity contribution is 5.94. The third-order valence-electron chi connectivity index (χ3n) is 3.28. The van der Waals surface area contributed by atoms with E-state index in [1.54, 1.807) is 12.4 Å². The quantitative estimate of drug-likeness (QED) is 0.672. The average Bonchev–Trinajstić information content (AvgIpc) is 2.60. The molecular weight excluding hydrogens is 392 g/mol. The second-order valence-corrected chi connectivity index (χ2v) is 8.86. The van der Waals surface area contributed by atoms with Gasteiger partial charge in [0.2, 0.25) is 0 Å². The van der Waals surface area contributed by atoms with E-state index in [9.17, 15) is 9.59 Å². The van der Waals surface area contributed by atoms with Gasteiger partial charge in [-0.3, -0.25) is 14.6 Å². The van der Waals surface area contributed by atoms with Crippen LogP contribution in [-0.2, 0) is 9.53 Å². The zero-order valence-electron chi connectivity index (χ0n) is 20.0. The van der Waals surface area contributed by atoms with Gasteiger partial charge in [-0.1, -0.05) is 12.1 Å². The van der Waals surface area contributed by atoms with Gasteiger partial charge in [-0.05, 0) is 78.6 Å². The molecule has 0 aliphatic rings. The number of ether oxygens (including phenoxy) is 1. The smallest absolute Gasteiger partial charge is 0.303 e. The molecule has 0 saturated heterocycles. The number of carbonyl (C=O) groups is 2. The van der Waals surface area contributed by atoms with Crippen LogP contribution in [0.25, 0.3) is 0 Å². The Bertz CT molecular complexity index is 904. The number of pyridine rings is 2. The first-order chi connectivity index (χ1) is 14.2. The molecule has 168 valence electrons. The van der Waals surface area contributed by atoms with Crippen molar-refractivity contribution >= 4 is 11.9 Å². The highest BCUT2D eigenvalue weighted by Crippen LogP contribution is 2.07. The molecule has 0 fully saturated rings. The number of hydrogen-bond donors (Lipinski definition) is 1. The summed E-state index contributed by atoms with van der Waals surface area (Å²) in [6, 6.07) is 9.37. The van der Waals surface area contributed by atoms with Crippen molar-refractivity contribution in [1.82, 2.24) is 15.3 Å². The Labute approximate surface area is 185 Å². The standard InChI is InChI=1S/C11H16N2O.C7H6N2.C6H12O2/c1-8-6-5-7-12-9(8)10(14)13-11(2,3)4;1-6-3-2-4-9-7(6)5-8;1-5(7)8-6(2,3)4/h5-7H,1-4H3,(H,13,14);2-4H,1H3;1-4H3. The third kappa shape index (κ3) is 13.6. The van der Waals surface area contributed by atoms with Crippen LogP contribution >= 0.6 is 0 Å². The summed E-state index contributed by atoms with van der Waals surface area (Å²) >= 11 is 0.